The van der Waals surface area contributed by atoms with Crippen molar-refractivity contribution in [1.82, 2.24) is 4.90 Å². The molecule has 1 heterocycles. The van der Waals surface area contributed by atoms with E-state index in [0.717, 1.165) is 11.2 Å². The fourth-order valence-corrected chi connectivity index (χ4v) is 2.36. The zero-order valence-electron chi connectivity index (χ0n) is 13.6. The summed E-state index contributed by atoms with van der Waals surface area (Å²) in [5.74, 6) is -3.41. The number of carbonyl (C=O) groups excluding carboxylic acids is 1. The van der Waals surface area contributed by atoms with E-state index in [4.69, 9.17) is 0 Å². The van der Waals surface area contributed by atoms with Crippen LogP contribution in [0.25, 0.3) is 0 Å². The molecule has 7 heteroatoms. The van der Waals surface area contributed by atoms with E-state index in [0.29, 0.717) is 0 Å². The third kappa shape index (κ3) is 5.36. The number of hydrogen-bond acceptors (Lipinski definition) is 3. The van der Waals surface area contributed by atoms with Gasteiger partial charge in [-0.25, -0.2) is 17.2 Å². The normalized spacial score (nSPS) is 15.5. The molecule has 0 atom stereocenters. The second kappa shape index (κ2) is 8.22. The van der Waals surface area contributed by atoms with E-state index in [1.807, 2.05) is 27.7 Å². The largest absolute Gasteiger partial charge is 0.326 e. The second-order valence-electron chi connectivity index (χ2n) is 4.32. The van der Waals surface area contributed by atoms with E-state index < -0.39 is 34.8 Å². The molecule has 1 aliphatic heterocycles. The highest BCUT2D eigenvalue weighted by Gasteiger charge is 2.46. The number of rotatable bonds is 2. The van der Waals surface area contributed by atoms with E-state index in [9.17, 15) is 22.0 Å². The number of hydrogen-bond donors (Lipinski definition) is 0. The van der Waals surface area contributed by atoms with Gasteiger partial charge in [0.25, 0.3) is 11.8 Å². The fourth-order valence-electron chi connectivity index (χ4n) is 1.70. The molecule has 1 fully saturated rings. The van der Waals surface area contributed by atoms with Crippen molar-refractivity contribution in [3.05, 3.63) is 29.8 Å². The van der Waals surface area contributed by atoms with E-state index in [1.165, 1.54) is 24.3 Å². The topological polar surface area (TPSA) is 54.5 Å². The maximum Gasteiger partial charge on any atom is 0.282 e. The minimum absolute atomic E-state index is 0.000587. The first-order valence-corrected chi connectivity index (χ1v) is 9.05. The molecule has 22 heavy (non-hydrogen) atoms. The Morgan fingerprint density at radius 1 is 1.14 bits per heavy atom. The van der Waals surface area contributed by atoms with Crippen molar-refractivity contribution in [2.75, 3.05) is 19.3 Å². The molecule has 0 aromatic heterocycles. The molecular formula is C15H23F2NO3S. The van der Waals surface area contributed by atoms with Crippen molar-refractivity contribution in [1.29, 1.82) is 0 Å². The zero-order chi connectivity index (χ0) is 17.6. The average molecular weight is 335 g/mol. The summed E-state index contributed by atoms with van der Waals surface area (Å²) in [6.45, 7) is 6.77. The van der Waals surface area contributed by atoms with Crippen molar-refractivity contribution in [3.63, 3.8) is 0 Å². The second-order valence-corrected chi connectivity index (χ2v) is 6.33. The minimum Gasteiger partial charge on any atom is -0.326 e. The summed E-state index contributed by atoms with van der Waals surface area (Å²) < 4.78 is 47.9. The van der Waals surface area contributed by atoms with Gasteiger partial charge < -0.3 is 4.90 Å². The van der Waals surface area contributed by atoms with E-state index in [-0.39, 0.29) is 10.5 Å². The molecule has 0 saturated carbocycles. The van der Waals surface area contributed by atoms with Crippen LogP contribution in [0.5, 0.6) is 0 Å². The maximum absolute atomic E-state index is 12.6. The number of likely N-dealkylation sites (tertiary alicyclic amines) is 1. The molecule has 1 aliphatic rings. The zero-order valence-corrected chi connectivity index (χ0v) is 14.4. The SMILES string of the molecule is CC.CC.CS(=O)(=O)c1cccc(C(=O)N2CC(F)(F)C2)c1. The molecule has 0 radical (unpaired) electrons. The number of sulfone groups is 1. The molecule has 0 spiro atoms. The van der Waals surface area contributed by atoms with Crippen LogP contribution in [0.1, 0.15) is 38.1 Å². The van der Waals surface area contributed by atoms with Crippen LogP contribution in [0.3, 0.4) is 0 Å². The van der Waals surface area contributed by atoms with Crippen molar-refractivity contribution >= 4 is 15.7 Å². The minimum atomic E-state index is -3.41. The highest BCUT2D eigenvalue weighted by molar-refractivity contribution is 7.90. The highest BCUT2D eigenvalue weighted by Crippen LogP contribution is 2.28. The summed E-state index contributed by atoms with van der Waals surface area (Å²) in [5, 5.41) is 0. The lowest BCUT2D eigenvalue weighted by atomic mass is 10.1. The van der Waals surface area contributed by atoms with Crippen molar-refractivity contribution in [2.45, 2.75) is 38.5 Å². The van der Waals surface area contributed by atoms with Crippen LogP contribution in [0.4, 0.5) is 8.78 Å². The Morgan fingerprint density at radius 3 is 2.05 bits per heavy atom. The van der Waals surface area contributed by atoms with Gasteiger partial charge in [-0.3, -0.25) is 4.79 Å². The number of halogens is 2. The van der Waals surface area contributed by atoms with Crippen molar-refractivity contribution < 1.29 is 22.0 Å². The molecule has 2 rings (SSSR count). The van der Waals surface area contributed by atoms with Gasteiger partial charge in [0.05, 0.1) is 18.0 Å². The summed E-state index contributed by atoms with van der Waals surface area (Å²) >= 11 is 0. The Bertz CT molecular complexity index is 593. The van der Waals surface area contributed by atoms with Crippen LogP contribution in [0.2, 0.25) is 0 Å². The van der Waals surface area contributed by atoms with Gasteiger partial charge in [-0.15, -0.1) is 0 Å². The van der Waals surface area contributed by atoms with Gasteiger partial charge in [0.2, 0.25) is 0 Å². The Labute approximate surface area is 131 Å². The summed E-state index contributed by atoms with van der Waals surface area (Å²) in [7, 11) is -3.41. The van der Waals surface area contributed by atoms with Crippen molar-refractivity contribution in [3.8, 4) is 0 Å². The standard InChI is InChI=1S/C11H11F2NO3S.2C2H6/c1-18(16,17)9-4-2-3-8(5-9)10(15)14-6-11(12,13)7-14;2*1-2/h2-5H,6-7H2,1H3;2*1-2H3. The van der Waals surface area contributed by atoms with E-state index in [1.54, 1.807) is 0 Å². The van der Waals surface area contributed by atoms with Gasteiger partial charge in [0, 0.05) is 11.8 Å². The Hall–Kier alpha value is -1.50. The number of carbonyl (C=O) groups is 1. The smallest absolute Gasteiger partial charge is 0.282 e. The van der Waals surface area contributed by atoms with Crippen LogP contribution < -0.4 is 0 Å². The first-order chi connectivity index (χ1) is 10.2. The molecular weight excluding hydrogens is 312 g/mol. The predicted molar refractivity (Wildman–Crippen MR) is 83.1 cm³/mol. The summed E-state index contributed by atoms with van der Waals surface area (Å²) in [5.41, 5.74) is 0.105. The van der Waals surface area contributed by atoms with Gasteiger partial charge in [-0.05, 0) is 18.2 Å². The molecule has 0 bridgehead atoms. The maximum atomic E-state index is 12.6. The molecule has 0 N–H and O–H groups in total. The monoisotopic (exact) mass is 335 g/mol. The Balaban J connectivity index is 0.00000102. The fraction of sp³-hybridized carbons (Fsp3) is 0.533. The molecule has 1 aromatic carbocycles. The summed E-state index contributed by atoms with van der Waals surface area (Å²) in [6, 6.07) is 5.39. The average Bonchev–Trinajstić information content (AvgIpc) is 2.47. The first-order valence-electron chi connectivity index (χ1n) is 7.16. The predicted octanol–water partition coefficient (Wildman–Crippen LogP) is 3.23. The van der Waals surface area contributed by atoms with Crippen LogP contribution in [-0.4, -0.2) is 44.5 Å². The third-order valence-electron chi connectivity index (χ3n) is 2.64. The van der Waals surface area contributed by atoms with Gasteiger partial charge in [0.1, 0.15) is 0 Å². The molecule has 4 nitrogen and oxygen atoms in total. The lowest BCUT2D eigenvalue weighted by Crippen LogP contribution is -2.58. The van der Waals surface area contributed by atoms with Crippen LogP contribution in [-0.2, 0) is 9.84 Å². The quantitative estimate of drug-likeness (QED) is 0.834. The third-order valence-corrected chi connectivity index (χ3v) is 3.75. The van der Waals surface area contributed by atoms with Crippen LogP contribution in [0.15, 0.2) is 29.2 Å². The van der Waals surface area contributed by atoms with Gasteiger partial charge >= 0.3 is 0 Å². The summed E-state index contributed by atoms with van der Waals surface area (Å²) in [6.07, 6.45) is 1.02. The number of benzene rings is 1. The van der Waals surface area contributed by atoms with Crippen LogP contribution >= 0.6 is 0 Å². The number of amides is 1. The van der Waals surface area contributed by atoms with E-state index in [2.05, 4.69) is 0 Å². The molecule has 0 unspecified atom stereocenters. The Kier molecular flexibility index (Phi) is 7.66. The molecule has 1 saturated heterocycles. The first kappa shape index (κ1) is 20.5. The summed E-state index contributed by atoms with van der Waals surface area (Å²) in [4.78, 5) is 12.8. The van der Waals surface area contributed by atoms with Gasteiger partial charge in [-0.1, -0.05) is 33.8 Å². The number of alkyl halides is 2. The number of nitrogens with zero attached hydrogens (tertiary/aromatic N) is 1. The molecule has 1 aromatic rings. The van der Waals surface area contributed by atoms with Crippen molar-refractivity contribution in [2.24, 2.45) is 0 Å². The lowest BCUT2D eigenvalue weighted by Gasteiger charge is -2.38. The van der Waals surface area contributed by atoms with Gasteiger partial charge in [-0.2, -0.15) is 0 Å². The Morgan fingerprint density at radius 2 is 1.64 bits per heavy atom. The molecule has 1 amide bonds. The lowest BCUT2D eigenvalue weighted by molar-refractivity contribution is -0.113. The van der Waals surface area contributed by atoms with E-state index >= 15 is 0 Å². The van der Waals surface area contributed by atoms with Gasteiger partial charge in [0.15, 0.2) is 9.84 Å². The van der Waals surface area contributed by atoms with Crippen LogP contribution in [0, 0.1) is 0 Å². The highest BCUT2D eigenvalue weighted by atomic mass is 32.2. The molecule has 0 aliphatic carbocycles. The molecule has 126 valence electrons.